The molecule has 0 fully saturated rings. The fourth-order valence-corrected chi connectivity index (χ4v) is 1.78. The Hall–Kier alpha value is -1.55. The molecule has 2 heterocycles. The highest BCUT2D eigenvalue weighted by Gasteiger charge is 2.09. The molecular weight excluding hydrogens is 255 g/mol. The monoisotopic (exact) mass is 268 g/mol. The van der Waals surface area contributed by atoms with Crippen LogP contribution in [-0.4, -0.2) is 11.0 Å². The smallest absolute Gasteiger partial charge is 0.166 e. The topological polar surface area (TPSA) is 38.1 Å². The van der Waals surface area contributed by atoms with Crippen molar-refractivity contribution in [3.63, 3.8) is 0 Å². The van der Waals surface area contributed by atoms with Gasteiger partial charge in [-0.1, -0.05) is 11.6 Å². The van der Waals surface area contributed by atoms with Crippen molar-refractivity contribution >= 4 is 17.4 Å². The van der Waals surface area contributed by atoms with Crippen molar-refractivity contribution in [1.82, 2.24) is 4.98 Å². The van der Waals surface area contributed by atoms with Gasteiger partial charge in [-0.25, -0.2) is 9.37 Å². The Bertz CT molecular complexity index is 502. The Morgan fingerprint density at radius 3 is 3.06 bits per heavy atom. The number of anilines is 1. The Morgan fingerprint density at radius 1 is 1.56 bits per heavy atom. The van der Waals surface area contributed by atoms with E-state index in [9.17, 15) is 4.39 Å². The molecule has 0 saturated heterocycles. The Labute approximate surface area is 110 Å². The van der Waals surface area contributed by atoms with Gasteiger partial charge in [0.1, 0.15) is 5.76 Å². The van der Waals surface area contributed by atoms with Crippen molar-refractivity contribution in [2.24, 2.45) is 0 Å². The number of hydrogen-bond donors (Lipinski definition) is 1. The highest BCUT2D eigenvalue weighted by atomic mass is 35.5. The number of nitrogens with one attached hydrogen (secondary N) is 1. The molecule has 0 radical (unpaired) electrons. The van der Waals surface area contributed by atoms with Crippen molar-refractivity contribution < 1.29 is 8.81 Å². The number of nitrogens with zero attached hydrogens (tertiary/aromatic N) is 1. The summed E-state index contributed by atoms with van der Waals surface area (Å²) in [4.78, 5) is 3.92. The van der Waals surface area contributed by atoms with E-state index in [1.54, 1.807) is 6.26 Å². The molecule has 2 aromatic rings. The molecule has 0 aliphatic carbocycles. The van der Waals surface area contributed by atoms with Crippen LogP contribution in [0.15, 0.2) is 35.1 Å². The van der Waals surface area contributed by atoms with E-state index in [2.05, 4.69) is 10.3 Å². The van der Waals surface area contributed by atoms with Gasteiger partial charge in [0, 0.05) is 18.7 Å². The lowest BCUT2D eigenvalue weighted by Gasteiger charge is -2.14. The quantitative estimate of drug-likeness (QED) is 0.894. The maximum absolute atomic E-state index is 13.5. The minimum Gasteiger partial charge on any atom is -0.469 e. The number of hydrogen-bond acceptors (Lipinski definition) is 3. The lowest BCUT2D eigenvalue weighted by molar-refractivity contribution is 0.494. The van der Waals surface area contributed by atoms with Gasteiger partial charge in [-0.2, -0.15) is 0 Å². The van der Waals surface area contributed by atoms with Crippen LogP contribution in [0.2, 0.25) is 5.02 Å². The third-order valence-corrected chi connectivity index (χ3v) is 2.80. The number of furan rings is 1. The van der Waals surface area contributed by atoms with Gasteiger partial charge in [-0.3, -0.25) is 0 Å². The van der Waals surface area contributed by atoms with E-state index < -0.39 is 5.82 Å². The van der Waals surface area contributed by atoms with Crippen molar-refractivity contribution in [2.75, 3.05) is 5.32 Å². The summed E-state index contributed by atoms with van der Waals surface area (Å²) in [6.45, 7) is 1.97. The first-order valence-corrected chi connectivity index (χ1v) is 6.13. The van der Waals surface area contributed by atoms with Gasteiger partial charge in [0.15, 0.2) is 11.6 Å². The van der Waals surface area contributed by atoms with Crippen LogP contribution in [0, 0.1) is 5.82 Å². The fourth-order valence-electron chi connectivity index (χ4n) is 1.64. The summed E-state index contributed by atoms with van der Waals surface area (Å²) in [5, 5.41) is 3.31. The van der Waals surface area contributed by atoms with E-state index in [4.69, 9.17) is 16.0 Å². The summed E-state index contributed by atoms with van der Waals surface area (Å²) in [6.07, 6.45) is 4.70. The highest BCUT2D eigenvalue weighted by molar-refractivity contribution is 6.30. The number of pyridine rings is 1. The van der Waals surface area contributed by atoms with Crippen molar-refractivity contribution in [2.45, 2.75) is 25.8 Å². The molecule has 3 nitrogen and oxygen atoms in total. The summed E-state index contributed by atoms with van der Waals surface area (Å²) in [6, 6.07) is 5.12. The van der Waals surface area contributed by atoms with Gasteiger partial charge < -0.3 is 9.73 Å². The van der Waals surface area contributed by atoms with E-state index in [0.717, 1.165) is 18.6 Å². The normalized spacial score (nSPS) is 12.4. The fraction of sp³-hybridized carbons (Fsp3) is 0.308. The molecule has 1 atom stereocenters. The first-order chi connectivity index (χ1) is 8.65. The molecule has 0 aromatic carbocycles. The molecule has 2 rings (SSSR count). The van der Waals surface area contributed by atoms with Crippen molar-refractivity contribution in [3.05, 3.63) is 47.3 Å². The average Bonchev–Trinajstić information content (AvgIpc) is 2.83. The van der Waals surface area contributed by atoms with Crippen molar-refractivity contribution in [1.29, 1.82) is 0 Å². The van der Waals surface area contributed by atoms with Gasteiger partial charge in [0.05, 0.1) is 11.3 Å². The molecule has 0 aliphatic heterocycles. The zero-order chi connectivity index (χ0) is 13.0. The summed E-state index contributed by atoms with van der Waals surface area (Å²) in [7, 11) is 0. The van der Waals surface area contributed by atoms with Crippen LogP contribution in [0.25, 0.3) is 0 Å². The molecule has 0 spiro atoms. The third-order valence-electron chi connectivity index (χ3n) is 2.59. The average molecular weight is 269 g/mol. The predicted octanol–water partition coefficient (Wildman–Crippen LogP) is 3.90. The second-order valence-corrected chi connectivity index (χ2v) is 4.58. The van der Waals surface area contributed by atoms with E-state index >= 15 is 0 Å². The van der Waals surface area contributed by atoms with Gasteiger partial charge in [-0.15, -0.1) is 0 Å². The molecule has 1 N–H and O–H groups in total. The molecule has 2 aromatic heterocycles. The zero-order valence-corrected chi connectivity index (χ0v) is 10.7. The number of aryl methyl sites for hydroxylation is 1. The van der Waals surface area contributed by atoms with Gasteiger partial charge in [0.2, 0.25) is 0 Å². The molecule has 0 aliphatic rings. The Balaban J connectivity index is 1.88. The van der Waals surface area contributed by atoms with Crippen LogP contribution in [0.5, 0.6) is 0 Å². The first-order valence-electron chi connectivity index (χ1n) is 5.75. The summed E-state index contributed by atoms with van der Waals surface area (Å²) >= 11 is 5.64. The molecule has 1 unspecified atom stereocenters. The zero-order valence-electron chi connectivity index (χ0n) is 9.99. The van der Waals surface area contributed by atoms with Gasteiger partial charge in [-0.05, 0) is 31.5 Å². The van der Waals surface area contributed by atoms with Crippen LogP contribution in [0.1, 0.15) is 19.1 Å². The largest absolute Gasteiger partial charge is 0.469 e. The molecule has 0 saturated carbocycles. The lowest BCUT2D eigenvalue weighted by Crippen LogP contribution is -2.17. The van der Waals surface area contributed by atoms with Crippen molar-refractivity contribution in [3.8, 4) is 0 Å². The van der Waals surface area contributed by atoms with Crippen LogP contribution in [0.3, 0.4) is 0 Å². The van der Waals surface area contributed by atoms with Gasteiger partial charge in [0.25, 0.3) is 0 Å². The van der Waals surface area contributed by atoms with Gasteiger partial charge >= 0.3 is 0 Å². The standard InChI is InChI=1S/C13H14ClFN2O/c1-9(4-5-11-3-2-6-18-11)17-13-12(15)7-10(14)8-16-13/h2-3,6-9H,4-5H2,1H3,(H,16,17). The number of rotatable bonds is 5. The number of aromatic nitrogens is 1. The first kappa shape index (κ1) is 12.9. The Morgan fingerprint density at radius 2 is 2.39 bits per heavy atom. The predicted molar refractivity (Wildman–Crippen MR) is 69.3 cm³/mol. The minimum atomic E-state index is -0.438. The summed E-state index contributed by atoms with van der Waals surface area (Å²) in [5.41, 5.74) is 0. The van der Waals surface area contributed by atoms with E-state index in [0.29, 0.717) is 5.02 Å². The SMILES string of the molecule is CC(CCc1ccco1)Nc1ncc(Cl)cc1F. The maximum Gasteiger partial charge on any atom is 0.166 e. The molecule has 18 heavy (non-hydrogen) atoms. The second-order valence-electron chi connectivity index (χ2n) is 4.15. The van der Waals surface area contributed by atoms with Crippen LogP contribution in [-0.2, 0) is 6.42 Å². The summed E-state index contributed by atoms with van der Waals surface area (Å²) < 4.78 is 18.7. The lowest BCUT2D eigenvalue weighted by atomic mass is 10.1. The second kappa shape index (κ2) is 5.87. The summed E-state index contributed by atoms with van der Waals surface area (Å²) in [5.74, 6) is 0.715. The molecule has 0 amide bonds. The van der Waals surface area contributed by atoms with E-state index in [1.165, 1.54) is 12.3 Å². The van der Waals surface area contributed by atoms with E-state index in [1.807, 2.05) is 19.1 Å². The molecule has 0 bridgehead atoms. The third kappa shape index (κ3) is 3.47. The minimum absolute atomic E-state index is 0.0956. The van der Waals surface area contributed by atoms with E-state index in [-0.39, 0.29) is 11.9 Å². The number of halogens is 2. The molecule has 5 heteroatoms. The molecule has 96 valence electrons. The van der Waals surface area contributed by atoms with Crippen LogP contribution >= 0.6 is 11.6 Å². The van der Waals surface area contributed by atoms with Crippen LogP contribution in [0.4, 0.5) is 10.2 Å². The molecular formula is C13H14ClFN2O. The van der Waals surface area contributed by atoms with Crippen LogP contribution < -0.4 is 5.32 Å². The Kier molecular flexibility index (Phi) is 4.20. The maximum atomic E-state index is 13.5. The highest BCUT2D eigenvalue weighted by Crippen LogP contribution is 2.17.